The van der Waals surface area contributed by atoms with Gasteiger partial charge in [-0.25, -0.2) is 0 Å². The van der Waals surface area contributed by atoms with Crippen LogP contribution in [0, 0.1) is 19.9 Å². The molecule has 0 bridgehead atoms. The van der Waals surface area contributed by atoms with Gasteiger partial charge in [0.25, 0.3) is 0 Å². The number of rotatable bonds is 3. The molecule has 16 heavy (non-hydrogen) atoms. The van der Waals surface area contributed by atoms with Gasteiger partial charge in [0, 0.05) is 0 Å². The van der Waals surface area contributed by atoms with Gasteiger partial charge in [0.2, 0.25) is 0 Å². The molecule has 0 N–H and O–H groups in total. The lowest BCUT2D eigenvalue weighted by Gasteiger charge is -2.10. The van der Waals surface area contributed by atoms with Crippen LogP contribution in [0.25, 0.3) is 0 Å². The first kappa shape index (κ1) is 10.7. The maximum atomic E-state index is 5.78. The standard InChI is InChI=1S/C15H15O/c1-12-7-6-10-15(13(12)2)16-11-14-8-4-3-5-9-14/h3-6,8-10H,11H2,1-2H3. The van der Waals surface area contributed by atoms with Crippen molar-refractivity contribution in [2.75, 3.05) is 0 Å². The number of ether oxygens (including phenoxy) is 1. The number of aryl methyl sites for hydroxylation is 1. The molecule has 2 aromatic rings. The van der Waals surface area contributed by atoms with Crippen molar-refractivity contribution in [2.45, 2.75) is 20.5 Å². The summed E-state index contributed by atoms with van der Waals surface area (Å²) in [6, 6.07) is 17.2. The van der Waals surface area contributed by atoms with Crippen molar-refractivity contribution >= 4 is 0 Å². The molecule has 0 heterocycles. The van der Waals surface area contributed by atoms with Gasteiger partial charge in [-0.1, -0.05) is 36.4 Å². The molecule has 0 atom stereocenters. The summed E-state index contributed by atoms with van der Waals surface area (Å²) in [4.78, 5) is 0. The van der Waals surface area contributed by atoms with Gasteiger partial charge in [-0.3, -0.25) is 0 Å². The molecule has 81 valence electrons. The maximum Gasteiger partial charge on any atom is 0.123 e. The molecule has 0 saturated heterocycles. The van der Waals surface area contributed by atoms with E-state index in [0.29, 0.717) is 6.61 Å². The molecule has 0 spiro atoms. The van der Waals surface area contributed by atoms with Gasteiger partial charge in [0.1, 0.15) is 12.4 Å². The zero-order chi connectivity index (χ0) is 11.4. The van der Waals surface area contributed by atoms with E-state index in [-0.39, 0.29) is 0 Å². The van der Waals surface area contributed by atoms with Gasteiger partial charge in [-0.15, -0.1) is 0 Å². The molecule has 1 radical (unpaired) electrons. The van der Waals surface area contributed by atoms with Crippen molar-refractivity contribution < 1.29 is 4.74 Å². The fourth-order valence-corrected chi connectivity index (χ4v) is 1.55. The second-order valence-corrected chi connectivity index (χ2v) is 3.87. The van der Waals surface area contributed by atoms with E-state index in [1.54, 1.807) is 0 Å². The fraction of sp³-hybridized carbons (Fsp3) is 0.200. The van der Waals surface area contributed by atoms with Crippen LogP contribution in [0.3, 0.4) is 0 Å². The molecular weight excluding hydrogens is 196 g/mol. The minimum Gasteiger partial charge on any atom is -0.489 e. The topological polar surface area (TPSA) is 9.23 Å². The van der Waals surface area contributed by atoms with E-state index in [4.69, 9.17) is 4.74 Å². The quantitative estimate of drug-likeness (QED) is 0.752. The first-order chi connectivity index (χ1) is 7.77. The zero-order valence-corrected chi connectivity index (χ0v) is 9.66. The van der Waals surface area contributed by atoms with Crippen molar-refractivity contribution in [3.05, 3.63) is 65.2 Å². The maximum absolute atomic E-state index is 5.78. The monoisotopic (exact) mass is 211 g/mol. The normalized spacial score (nSPS) is 10.1. The average molecular weight is 211 g/mol. The fourth-order valence-electron chi connectivity index (χ4n) is 1.55. The molecule has 0 saturated carbocycles. The summed E-state index contributed by atoms with van der Waals surface area (Å²) in [7, 11) is 0. The second-order valence-electron chi connectivity index (χ2n) is 3.87. The Kier molecular flexibility index (Phi) is 3.25. The summed E-state index contributed by atoms with van der Waals surface area (Å²) in [6.07, 6.45) is 0. The molecule has 0 amide bonds. The average Bonchev–Trinajstić information content (AvgIpc) is 2.32. The van der Waals surface area contributed by atoms with Crippen molar-refractivity contribution in [2.24, 2.45) is 0 Å². The van der Waals surface area contributed by atoms with Crippen LogP contribution in [0.4, 0.5) is 0 Å². The van der Waals surface area contributed by atoms with Crippen LogP contribution in [0.1, 0.15) is 16.7 Å². The molecular formula is C15H15O. The first-order valence-electron chi connectivity index (χ1n) is 5.42. The van der Waals surface area contributed by atoms with Crippen molar-refractivity contribution in [1.29, 1.82) is 0 Å². The van der Waals surface area contributed by atoms with Crippen LogP contribution in [0.15, 0.2) is 42.5 Å². The molecule has 0 aliphatic heterocycles. The number of hydrogen-bond donors (Lipinski definition) is 0. The Hall–Kier alpha value is -1.76. The lowest BCUT2D eigenvalue weighted by Crippen LogP contribution is -1.97. The summed E-state index contributed by atoms with van der Waals surface area (Å²) in [5.41, 5.74) is 3.50. The van der Waals surface area contributed by atoms with Crippen molar-refractivity contribution in [1.82, 2.24) is 0 Å². The Morgan fingerprint density at radius 3 is 2.56 bits per heavy atom. The van der Waals surface area contributed by atoms with E-state index >= 15 is 0 Å². The van der Waals surface area contributed by atoms with Crippen LogP contribution in [0.2, 0.25) is 0 Å². The summed E-state index contributed by atoms with van der Waals surface area (Å²) >= 11 is 0. The van der Waals surface area contributed by atoms with Crippen molar-refractivity contribution in [3.8, 4) is 5.75 Å². The Morgan fingerprint density at radius 2 is 1.81 bits per heavy atom. The third-order valence-electron chi connectivity index (χ3n) is 2.70. The SMILES string of the molecule is Cc1[c]ccc(OCc2ccccc2)c1C. The predicted molar refractivity (Wildman–Crippen MR) is 65.5 cm³/mol. The van der Waals surface area contributed by atoms with Gasteiger partial charge < -0.3 is 4.74 Å². The summed E-state index contributed by atoms with van der Waals surface area (Å²) in [6.45, 7) is 4.72. The van der Waals surface area contributed by atoms with E-state index in [2.05, 4.69) is 25.1 Å². The lowest BCUT2D eigenvalue weighted by molar-refractivity contribution is 0.304. The van der Waals surface area contributed by atoms with Gasteiger partial charge in [-0.05, 0) is 42.7 Å². The van der Waals surface area contributed by atoms with E-state index in [1.165, 1.54) is 11.1 Å². The smallest absolute Gasteiger partial charge is 0.123 e. The largest absolute Gasteiger partial charge is 0.489 e. The Labute approximate surface area is 96.7 Å². The van der Waals surface area contributed by atoms with Crippen LogP contribution >= 0.6 is 0 Å². The van der Waals surface area contributed by atoms with Gasteiger partial charge in [0.15, 0.2) is 0 Å². The third kappa shape index (κ3) is 2.43. The molecule has 1 heteroatoms. The Balaban J connectivity index is 2.08. The highest BCUT2D eigenvalue weighted by Gasteiger charge is 2.01. The van der Waals surface area contributed by atoms with Crippen molar-refractivity contribution in [3.63, 3.8) is 0 Å². The number of benzene rings is 2. The Morgan fingerprint density at radius 1 is 1.06 bits per heavy atom. The molecule has 2 aromatic carbocycles. The molecule has 2 rings (SSSR count). The third-order valence-corrected chi connectivity index (χ3v) is 2.70. The van der Waals surface area contributed by atoms with Crippen LogP contribution < -0.4 is 4.74 Å². The first-order valence-corrected chi connectivity index (χ1v) is 5.42. The Bertz CT molecular complexity index is 460. The van der Waals surface area contributed by atoms with E-state index < -0.39 is 0 Å². The van der Waals surface area contributed by atoms with Crippen LogP contribution in [-0.4, -0.2) is 0 Å². The second kappa shape index (κ2) is 4.84. The minimum absolute atomic E-state index is 0.616. The highest BCUT2D eigenvalue weighted by Crippen LogP contribution is 2.21. The zero-order valence-electron chi connectivity index (χ0n) is 9.66. The highest BCUT2D eigenvalue weighted by molar-refractivity contribution is 5.37. The van der Waals surface area contributed by atoms with Gasteiger partial charge >= 0.3 is 0 Å². The summed E-state index contributed by atoms with van der Waals surface area (Å²) in [5, 5.41) is 0. The van der Waals surface area contributed by atoms with E-state index in [1.807, 2.05) is 37.3 Å². The molecule has 0 fully saturated rings. The molecule has 1 nitrogen and oxygen atoms in total. The van der Waals surface area contributed by atoms with E-state index in [9.17, 15) is 0 Å². The van der Waals surface area contributed by atoms with Gasteiger partial charge in [0.05, 0.1) is 0 Å². The minimum atomic E-state index is 0.616. The van der Waals surface area contributed by atoms with Crippen LogP contribution in [0.5, 0.6) is 5.75 Å². The lowest BCUT2D eigenvalue weighted by atomic mass is 10.1. The molecule has 0 aromatic heterocycles. The van der Waals surface area contributed by atoms with Gasteiger partial charge in [-0.2, -0.15) is 0 Å². The van der Waals surface area contributed by atoms with Crippen LogP contribution in [-0.2, 0) is 6.61 Å². The molecule has 0 aliphatic rings. The predicted octanol–water partition coefficient (Wildman–Crippen LogP) is 3.68. The molecule has 0 aliphatic carbocycles. The van der Waals surface area contributed by atoms with E-state index in [0.717, 1.165) is 11.3 Å². The molecule has 0 unspecified atom stereocenters. The highest BCUT2D eigenvalue weighted by atomic mass is 16.5. The summed E-state index contributed by atoms with van der Waals surface area (Å²) < 4.78 is 5.78. The summed E-state index contributed by atoms with van der Waals surface area (Å²) in [5.74, 6) is 0.945. The number of hydrogen-bond acceptors (Lipinski definition) is 1.